The van der Waals surface area contributed by atoms with Crippen molar-refractivity contribution >= 4 is 17.5 Å². The van der Waals surface area contributed by atoms with E-state index in [9.17, 15) is 9.59 Å². The van der Waals surface area contributed by atoms with Crippen molar-refractivity contribution in [2.75, 3.05) is 5.01 Å². The minimum absolute atomic E-state index is 0.337. The molecular formula is C17H20N4O2. The van der Waals surface area contributed by atoms with Gasteiger partial charge in [-0.2, -0.15) is 0 Å². The normalized spacial score (nSPS) is 11.4. The molecule has 2 aromatic rings. The minimum Gasteiger partial charge on any atom is -0.349 e. The first-order valence-corrected chi connectivity index (χ1v) is 7.25. The fourth-order valence-corrected chi connectivity index (χ4v) is 2.08. The SMILES string of the molecule is CC(=O)N[C@@H](C(=O)NCc1ccccc1)N(N)c1ccccc1. The van der Waals surface area contributed by atoms with E-state index in [1.165, 1.54) is 11.9 Å². The molecule has 0 bridgehead atoms. The van der Waals surface area contributed by atoms with Gasteiger partial charge in [-0.05, 0) is 17.7 Å². The highest BCUT2D eigenvalue weighted by Gasteiger charge is 2.24. The van der Waals surface area contributed by atoms with Crippen molar-refractivity contribution in [2.45, 2.75) is 19.6 Å². The summed E-state index contributed by atoms with van der Waals surface area (Å²) in [5.41, 5.74) is 1.59. The summed E-state index contributed by atoms with van der Waals surface area (Å²) in [4.78, 5) is 23.8. The van der Waals surface area contributed by atoms with Gasteiger partial charge in [-0.3, -0.25) is 14.6 Å². The number of carbonyl (C=O) groups is 2. The van der Waals surface area contributed by atoms with Crippen LogP contribution in [0.3, 0.4) is 0 Å². The Morgan fingerprint density at radius 1 is 1.04 bits per heavy atom. The fraction of sp³-hybridized carbons (Fsp3) is 0.176. The highest BCUT2D eigenvalue weighted by molar-refractivity contribution is 5.89. The van der Waals surface area contributed by atoms with Crippen molar-refractivity contribution in [2.24, 2.45) is 5.84 Å². The fourth-order valence-electron chi connectivity index (χ4n) is 2.08. The highest BCUT2D eigenvalue weighted by atomic mass is 16.2. The molecule has 1 atom stereocenters. The molecule has 6 heteroatoms. The van der Waals surface area contributed by atoms with Crippen LogP contribution >= 0.6 is 0 Å². The largest absolute Gasteiger partial charge is 0.349 e. The van der Waals surface area contributed by atoms with E-state index in [2.05, 4.69) is 10.6 Å². The summed E-state index contributed by atoms with van der Waals surface area (Å²) >= 11 is 0. The van der Waals surface area contributed by atoms with Gasteiger partial charge in [-0.25, -0.2) is 5.84 Å². The number of rotatable bonds is 6. The molecule has 0 aliphatic rings. The van der Waals surface area contributed by atoms with Crippen molar-refractivity contribution in [1.29, 1.82) is 0 Å². The molecule has 0 aromatic heterocycles. The molecular weight excluding hydrogens is 292 g/mol. The van der Waals surface area contributed by atoms with Crippen LogP contribution in [0.4, 0.5) is 5.69 Å². The third-order valence-corrected chi connectivity index (χ3v) is 3.23. The summed E-state index contributed by atoms with van der Waals surface area (Å²) in [7, 11) is 0. The molecule has 0 fully saturated rings. The Hall–Kier alpha value is -2.86. The van der Waals surface area contributed by atoms with Crippen LogP contribution in [0.1, 0.15) is 12.5 Å². The highest BCUT2D eigenvalue weighted by Crippen LogP contribution is 2.11. The van der Waals surface area contributed by atoms with Crippen molar-refractivity contribution in [3.63, 3.8) is 0 Å². The Morgan fingerprint density at radius 3 is 2.17 bits per heavy atom. The summed E-state index contributed by atoms with van der Waals surface area (Å²) in [6.07, 6.45) is -0.987. The van der Waals surface area contributed by atoms with Crippen LogP contribution in [0.25, 0.3) is 0 Å². The molecule has 2 amide bonds. The molecule has 6 nitrogen and oxygen atoms in total. The lowest BCUT2D eigenvalue weighted by molar-refractivity contribution is -0.128. The van der Waals surface area contributed by atoms with Crippen LogP contribution in [-0.2, 0) is 16.1 Å². The van der Waals surface area contributed by atoms with Crippen LogP contribution in [-0.4, -0.2) is 18.0 Å². The maximum atomic E-state index is 12.4. The van der Waals surface area contributed by atoms with E-state index in [4.69, 9.17) is 5.84 Å². The number of nitrogens with zero attached hydrogens (tertiary/aromatic N) is 1. The van der Waals surface area contributed by atoms with Gasteiger partial charge in [-0.15, -0.1) is 0 Å². The Morgan fingerprint density at radius 2 is 1.61 bits per heavy atom. The number of amides is 2. The van der Waals surface area contributed by atoms with E-state index >= 15 is 0 Å². The number of hydrazine groups is 1. The average molecular weight is 312 g/mol. The third-order valence-electron chi connectivity index (χ3n) is 3.23. The summed E-state index contributed by atoms with van der Waals surface area (Å²) in [6.45, 7) is 1.70. The standard InChI is InChI=1S/C17H20N4O2/c1-13(22)20-16(21(18)15-10-6-3-7-11-15)17(23)19-12-14-8-4-2-5-9-14/h2-11,16H,12,18H2,1H3,(H,19,23)(H,20,22)/t16-/m1/s1. The predicted molar refractivity (Wildman–Crippen MR) is 89.0 cm³/mol. The van der Waals surface area contributed by atoms with Crippen molar-refractivity contribution in [3.05, 3.63) is 66.2 Å². The number of anilines is 1. The van der Waals surface area contributed by atoms with E-state index < -0.39 is 6.17 Å². The molecule has 0 saturated heterocycles. The Labute approximate surface area is 135 Å². The number of hydrogen-bond acceptors (Lipinski definition) is 4. The zero-order chi connectivity index (χ0) is 16.7. The summed E-state index contributed by atoms with van der Waals surface area (Å²) < 4.78 is 0. The van der Waals surface area contributed by atoms with E-state index in [1.54, 1.807) is 12.1 Å². The molecule has 0 saturated carbocycles. The monoisotopic (exact) mass is 312 g/mol. The topological polar surface area (TPSA) is 87.5 Å². The number of benzene rings is 2. The van der Waals surface area contributed by atoms with Gasteiger partial charge in [0.15, 0.2) is 6.17 Å². The molecule has 0 unspecified atom stereocenters. The van der Waals surface area contributed by atoms with Gasteiger partial charge in [0.05, 0.1) is 5.69 Å². The molecule has 2 rings (SSSR count). The molecule has 0 aliphatic carbocycles. The van der Waals surface area contributed by atoms with Crippen molar-refractivity contribution in [1.82, 2.24) is 10.6 Å². The Kier molecular flexibility index (Phi) is 5.71. The molecule has 4 N–H and O–H groups in total. The van der Waals surface area contributed by atoms with Crippen LogP contribution in [0.5, 0.6) is 0 Å². The summed E-state index contributed by atoms with van der Waals surface area (Å²) in [5.74, 6) is 5.30. The number of nitrogens with one attached hydrogen (secondary N) is 2. The smallest absolute Gasteiger partial charge is 0.265 e. The van der Waals surface area contributed by atoms with E-state index in [-0.39, 0.29) is 11.8 Å². The number of hydrogen-bond donors (Lipinski definition) is 3. The molecule has 0 heterocycles. The van der Waals surface area contributed by atoms with Gasteiger partial charge in [-0.1, -0.05) is 48.5 Å². The predicted octanol–water partition coefficient (Wildman–Crippen LogP) is 1.15. The lowest BCUT2D eigenvalue weighted by Gasteiger charge is -2.28. The lowest BCUT2D eigenvalue weighted by atomic mass is 10.2. The molecule has 23 heavy (non-hydrogen) atoms. The second-order valence-corrected chi connectivity index (χ2v) is 5.05. The van der Waals surface area contributed by atoms with Gasteiger partial charge in [0, 0.05) is 13.5 Å². The number of carbonyl (C=O) groups excluding carboxylic acids is 2. The second kappa shape index (κ2) is 7.95. The van der Waals surface area contributed by atoms with Gasteiger partial charge in [0.1, 0.15) is 0 Å². The zero-order valence-corrected chi connectivity index (χ0v) is 12.9. The molecule has 0 aliphatic heterocycles. The number of nitrogens with two attached hydrogens (primary N) is 1. The van der Waals surface area contributed by atoms with Gasteiger partial charge < -0.3 is 10.6 Å². The van der Waals surface area contributed by atoms with Gasteiger partial charge >= 0.3 is 0 Å². The Bertz CT molecular complexity index is 646. The quantitative estimate of drug-likeness (QED) is 0.424. The van der Waals surface area contributed by atoms with Crippen molar-refractivity contribution in [3.8, 4) is 0 Å². The molecule has 120 valence electrons. The van der Waals surface area contributed by atoms with Crippen LogP contribution < -0.4 is 21.5 Å². The first kappa shape index (κ1) is 16.5. The van der Waals surface area contributed by atoms with Crippen LogP contribution in [0, 0.1) is 0 Å². The third kappa shape index (κ3) is 4.82. The minimum atomic E-state index is -0.987. The number of para-hydroxylation sites is 1. The first-order valence-electron chi connectivity index (χ1n) is 7.25. The van der Waals surface area contributed by atoms with Gasteiger partial charge in [0.2, 0.25) is 5.91 Å². The van der Waals surface area contributed by atoms with Crippen LogP contribution in [0.2, 0.25) is 0 Å². The Balaban J connectivity index is 2.07. The lowest BCUT2D eigenvalue weighted by Crippen LogP contribution is -2.59. The average Bonchev–Trinajstić information content (AvgIpc) is 2.58. The maximum absolute atomic E-state index is 12.4. The van der Waals surface area contributed by atoms with E-state index in [1.807, 2.05) is 48.5 Å². The maximum Gasteiger partial charge on any atom is 0.265 e. The zero-order valence-electron chi connectivity index (χ0n) is 12.9. The molecule has 0 spiro atoms. The summed E-state index contributed by atoms with van der Waals surface area (Å²) in [6, 6.07) is 18.5. The van der Waals surface area contributed by atoms with Crippen LogP contribution in [0.15, 0.2) is 60.7 Å². The molecule has 0 radical (unpaired) electrons. The first-order chi connectivity index (χ1) is 11.1. The van der Waals surface area contributed by atoms with E-state index in [0.29, 0.717) is 12.2 Å². The summed E-state index contributed by atoms with van der Waals surface area (Å²) in [5, 5.41) is 6.58. The molecule has 2 aromatic carbocycles. The van der Waals surface area contributed by atoms with E-state index in [0.717, 1.165) is 5.56 Å². The van der Waals surface area contributed by atoms with Gasteiger partial charge in [0.25, 0.3) is 5.91 Å². The second-order valence-electron chi connectivity index (χ2n) is 5.05. The van der Waals surface area contributed by atoms with Crippen molar-refractivity contribution < 1.29 is 9.59 Å².